The minimum absolute atomic E-state index is 0.345. The molecule has 1 aliphatic heterocycles. The number of anilines is 4. The highest BCUT2D eigenvalue weighted by Gasteiger charge is 2.25. The first-order valence-electron chi connectivity index (χ1n) is 12.4. The standard InChI is InChI=1S/C32H32N2O4/c1-7-15-37-31-21(3)17-27(18-22(31)4)33(28-19-23(5)32(24(6)20-28)38-16-8-2)25-9-11-26(12-10-25)34-29(35)13-14-30(34)36/h7-14,17-20H,1-2,15-16H2,3-6H3. The van der Waals surface area contributed by atoms with Crippen molar-refractivity contribution in [1.82, 2.24) is 0 Å². The summed E-state index contributed by atoms with van der Waals surface area (Å²) in [5, 5.41) is 0. The summed E-state index contributed by atoms with van der Waals surface area (Å²) in [6.45, 7) is 16.5. The Morgan fingerprint density at radius 1 is 0.684 bits per heavy atom. The van der Waals surface area contributed by atoms with E-state index in [1.807, 2.05) is 39.8 Å². The average molecular weight is 509 g/mol. The Hall–Kier alpha value is -4.58. The van der Waals surface area contributed by atoms with Crippen molar-refractivity contribution in [2.75, 3.05) is 23.0 Å². The van der Waals surface area contributed by atoms with Crippen LogP contribution in [0.4, 0.5) is 22.7 Å². The highest BCUT2D eigenvalue weighted by molar-refractivity contribution is 6.28. The van der Waals surface area contributed by atoms with Gasteiger partial charge in [-0.3, -0.25) is 9.59 Å². The van der Waals surface area contributed by atoms with Gasteiger partial charge in [-0.05, 0) is 98.5 Å². The molecule has 3 aromatic rings. The van der Waals surface area contributed by atoms with Gasteiger partial charge < -0.3 is 14.4 Å². The maximum Gasteiger partial charge on any atom is 0.258 e. The van der Waals surface area contributed by atoms with Crippen molar-refractivity contribution in [3.05, 3.63) is 108 Å². The van der Waals surface area contributed by atoms with Crippen LogP contribution in [0.1, 0.15) is 22.3 Å². The van der Waals surface area contributed by atoms with Crippen LogP contribution in [-0.4, -0.2) is 25.0 Å². The molecule has 0 aromatic heterocycles. The van der Waals surface area contributed by atoms with E-state index in [0.717, 1.165) is 55.7 Å². The Labute approximate surface area is 224 Å². The molecule has 0 aliphatic carbocycles. The molecule has 194 valence electrons. The molecular weight excluding hydrogens is 476 g/mol. The third-order valence-electron chi connectivity index (χ3n) is 6.27. The van der Waals surface area contributed by atoms with Crippen molar-refractivity contribution in [2.24, 2.45) is 0 Å². The molecule has 38 heavy (non-hydrogen) atoms. The molecule has 0 saturated heterocycles. The predicted molar refractivity (Wildman–Crippen MR) is 153 cm³/mol. The Morgan fingerprint density at radius 2 is 1.08 bits per heavy atom. The lowest BCUT2D eigenvalue weighted by molar-refractivity contribution is -0.119. The van der Waals surface area contributed by atoms with Gasteiger partial charge in [0, 0.05) is 29.2 Å². The first-order chi connectivity index (χ1) is 18.2. The van der Waals surface area contributed by atoms with E-state index in [9.17, 15) is 9.59 Å². The maximum absolute atomic E-state index is 12.2. The van der Waals surface area contributed by atoms with Gasteiger partial charge in [0.1, 0.15) is 24.7 Å². The smallest absolute Gasteiger partial charge is 0.258 e. The number of nitrogens with zero attached hydrogens (tertiary/aromatic N) is 2. The van der Waals surface area contributed by atoms with Crippen LogP contribution in [0.2, 0.25) is 0 Å². The van der Waals surface area contributed by atoms with Crippen molar-refractivity contribution in [1.29, 1.82) is 0 Å². The van der Waals surface area contributed by atoms with E-state index in [4.69, 9.17) is 9.47 Å². The predicted octanol–water partition coefficient (Wildman–Crippen LogP) is 6.95. The number of benzene rings is 3. The molecule has 6 heteroatoms. The molecule has 6 nitrogen and oxygen atoms in total. The minimum atomic E-state index is -0.345. The van der Waals surface area contributed by atoms with Crippen LogP contribution in [0.3, 0.4) is 0 Å². The summed E-state index contributed by atoms with van der Waals surface area (Å²) in [6.07, 6.45) is 6.03. The zero-order valence-corrected chi connectivity index (χ0v) is 22.3. The number of carbonyl (C=O) groups excluding carboxylic acids is 2. The second-order valence-electron chi connectivity index (χ2n) is 9.21. The SMILES string of the molecule is C=CCOc1c(C)cc(N(c2ccc(N3C(=O)C=CC3=O)cc2)c2cc(C)c(OCC=C)c(C)c2)cc1C. The van der Waals surface area contributed by atoms with Gasteiger partial charge in [-0.25, -0.2) is 4.90 Å². The normalized spacial score (nSPS) is 12.6. The third kappa shape index (κ3) is 5.25. The lowest BCUT2D eigenvalue weighted by Gasteiger charge is -2.28. The zero-order chi connectivity index (χ0) is 27.4. The third-order valence-corrected chi connectivity index (χ3v) is 6.27. The number of hydrogen-bond donors (Lipinski definition) is 0. The number of carbonyl (C=O) groups is 2. The van der Waals surface area contributed by atoms with Gasteiger partial charge in [-0.15, -0.1) is 0 Å². The van der Waals surface area contributed by atoms with E-state index in [0.29, 0.717) is 18.9 Å². The fourth-order valence-corrected chi connectivity index (χ4v) is 4.71. The first-order valence-corrected chi connectivity index (χ1v) is 12.4. The fourth-order valence-electron chi connectivity index (χ4n) is 4.71. The molecule has 2 amide bonds. The fraction of sp³-hybridized carbons (Fsp3) is 0.188. The van der Waals surface area contributed by atoms with Crippen LogP contribution in [0.25, 0.3) is 0 Å². The second-order valence-corrected chi connectivity index (χ2v) is 9.21. The number of imide groups is 1. The summed E-state index contributed by atoms with van der Waals surface area (Å²) in [5.74, 6) is 0.982. The molecule has 0 radical (unpaired) electrons. The summed E-state index contributed by atoms with van der Waals surface area (Å²) in [6, 6.07) is 15.7. The van der Waals surface area contributed by atoms with Gasteiger partial charge in [0.05, 0.1) is 5.69 Å². The van der Waals surface area contributed by atoms with Crippen molar-refractivity contribution >= 4 is 34.6 Å². The molecule has 1 heterocycles. The molecule has 0 N–H and O–H groups in total. The summed E-state index contributed by atoms with van der Waals surface area (Å²) in [4.78, 5) is 27.7. The summed E-state index contributed by atoms with van der Waals surface area (Å²) < 4.78 is 11.8. The number of ether oxygens (including phenoxy) is 2. The van der Waals surface area contributed by atoms with Gasteiger partial charge in [-0.2, -0.15) is 0 Å². The molecule has 3 aromatic carbocycles. The molecular formula is C32H32N2O4. The summed E-state index contributed by atoms with van der Waals surface area (Å²) in [5.41, 5.74) is 7.31. The number of hydrogen-bond acceptors (Lipinski definition) is 5. The minimum Gasteiger partial charge on any atom is -0.489 e. The molecule has 0 bridgehead atoms. The van der Waals surface area contributed by atoms with Crippen LogP contribution in [-0.2, 0) is 9.59 Å². The van der Waals surface area contributed by atoms with E-state index in [2.05, 4.69) is 42.3 Å². The molecule has 0 unspecified atom stereocenters. The number of rotatable bonds is 10. The quantitative estimate of drug-likeness (QED) is 0.219. The largest absolute Gasteiger partial charge is 0.489 e. The highest BCUT2D eigenvalue weighted by Crippen LogP contribution is 2.41. The maximum atomic E-state index is 12.2. The topological polar surface area (TPSA) is 59.1 Å². The lowest BCUT2D eigenvalue weighted by atomic mass is 10.0. The van der Waals surface area contributed by atoms with E-state index in [1.165, 1.54) is 12.2 Å². The lowest BCUT2D eigenvalue weighted by Crippen LogP contribution is -2.29. The van der Waals surface area contributed by atoms with Crippen molar-refractivity contribution in [3.63, 3.8) is 0 Å². The first kappa shape index (κ1) is 26.5. The Morgan fingerprint density at radius 3 is 1.45 bits per heavy atom. The second kappa shape index (κ2) is 11.2. The van der Waals surface area contributed by atoms with E-state index >= 15 is 0 Å². The van der Waals surface area contributed by atoms with Crippen molar-refractivity contribution in [3.8, 4) is 11.5 Å². The van der Waals surface area contributed by atoms with Gasteiger partial charge >= 0.3 is 0 Å². The van der Waals surface area contributed by atoms with Gasteiger partial charge in [0.2, 0.25) is 0 Å². The molecule has 4 rings (SSSR count). The summed E-state index contributed by atoms with van der Waals surface area (Å²) >= 11 is 0. The van der Waals surface area contributed by atoms with Gasteiger partial charge in [0.15, 0.2) is 0 Å². The number of amides is 2. The monoisotopic (exact) mass is 508 g/mol. The molecule has 0 saturated carbocycles. The van der Waals surface area contributed by atoms with Crippen molar-refractivity contribution < 1.29 is 19.1 Å². The van der Waals surface area contributed by atoms with Gasteiger partial charge in [0.25, 0.3) is 11.8 Å². The zero-order valence-electron chi connectivity index (χ0n) is 22.3. The average Bonchev–Trinajstić information content (AvgIpc) is 3.21. The Kier molecular flexibility index (Phi) is 7.82. The van der Waals surface area contributed by atoms with Crippen molar-refractivity contribution in [2.45, 2.75) is 27.7 Å². The van der Waals surface area contributed by atoms with Gasteiger partial charge in [-0.1, -0.05) is 25.3 Å². The van der Waals surface area contributed by atoms with E-state index in [1.54, 1.807) is 24.3 Å². The Balaban J connectivity index is 1.82. The highest BCUT2D eigenvalue weighted by atomic mass is 16.5. The molecule has 1 aliphatic rings. The number of aryl methyl sites for hydroxylation is 4. The van der Waals surface area contributed by atoms with Crippen LogP contribution in [0, 0.1) is 27.7 Å². The van der Waals surface area contributed by atoms with E-state index in [-0.39, 0.29) is 11.8 Å². The van der Waals surface area contributed by atoms with Crippen LogP contribution >= 0.6 is 0 Å². The molecule has 0 atom stereocenters. The van der Waals surface area contributed by atoms with E-state index < -0.39 is 0 Å². The molecule has 0 fully saturated rings. The van der Waals surface area contributed by atoms with Crippen LogP contribution in [0.15, 0.2) is 86.0 Å². The Bertz CT molecular complexity index is 1300. The summed E-state index contributed by atoms with van der Waals surface area (Å²) in [7, 11) is 0. The molecule has 0 spiro atoms. The van der Waals surface area contributed by atoms with Crippen LogP contribution < -0.4 is 19.3 Å². The van der Waals surface area contributed by atoms with Crippen LogP contribution in [0.5, 0.6) is 11.5 Å².